The van der Waals surface area contributed by atoms with Crippen LogP contribution < -0.4 is 9.88 Å². The molecule has 0 saturated carbocycles. The average Bonchev–Trinajstić information content (AvgIpc) is 2.65. The number of sulfonamides is 1. The Labute approximate surface area is 168 Å². The number of carbonyl (C=O) groups is 2. The molecule has 1 amide bonds. The topological polar surface area (TPSA) is 116 Å². The molecule has 0 fully saturated rings. The van der Waals surface area contributed by atoms with Crippen molar-refractivity contribution in [2.24, 2.45) is 5.14 Å². The normalized spacial score (nSPS) is 11.1. The number of rotatable bonds is 7. The highest BCUT2D eigenvalue weighted by molar-refractivity contribution is 7.89. The lowest BCUT2D eigenvalue weighted by molar-refractivity contribution is -0.133. The van der Waals surface area contributed by atoms with E-state index in [1.165, 1.54) is 43.3 Å². The van der Waals surface area contributed by atoms with Gasteiger partial charge in [0, 0.05) is 13.6 Å². The first-order chi connectivity index (χ1) is 13.5. The second-order valence-electron chi connectivity index (χ2n) is 6.32. The lowest BCUT2D eigenvalue weighted by atomic mass is 10.1. The highest BCUT2D eigenvalue weighted by atomic mass is 32.2. The molecule has 2 aromatic carbocycles. The third-order valence-corrected chi connectivity index (χ3v) is 5.06. The Morgan fingerprint density at radius 3 is 2.45 bits per heavy atom. The van der Waals surface area contributed by atoms with E-state index in [-0.39, 0.29) is 22.8 Å². The van der Waals surface area contributed by atoms with Crippen LogP contribution in [0, 0.1) is 12.7 Å². The summed E-state index contributed by atoms with van der Waals surface area (Å²) in [6, 6.07) is 8.10. The van der Waals surface area contributed by atoms with Crippen LogP contribution in [0.4, 0.5) is 4.39 Å². The number of hydrogen-bond donors (Lipinski definition) is 1. The molecule has 156 valence electrons. The summed E-state index contributed by atoms with van der Waals surface area (Å²) in [6.07, 6.45) is 0. The summed E-state index contributed by atoms with van der Waals surface area (Å²) in [5.74, 6) is -1.84. The monoisotopic (exact) mass is 424 g/mol. The fraction of sp³-hybridized carbons (Fsp3) is 0.263. The van der Waals surface area contributed by atoms with Gasteiger partial charge in [-0.05, 0) is 42.3 Å². The van der Waals surface area contributed by atoms with Gasteiger partial charge in [0.1, 0.15) is 0 Å². The van der Waals surface area contributed by atoms with Crippen molar-refractivity contribution in [1.29, 1.82) is 0 Å². The lowest BCUT2D eigenvalue weighted by Gasteiger charge is -2.18. The van der Waals surface area contributed by atoms with Crippen LogP contribution in [0.5, 0.6) is 5.75 Å². The van der Waals surface area contributed by atoms with Gasteiger partial charge in [0.25, 0.3) is 5.91 Å². The van der Waals surface area contributed by atoms with Gasteiger partial charge in [-0.25, -0.2) is 22.7 Å². The Balaban J connectivity index is 2.01. The van der Waals surface area contributed by atoms with Crippen molar-refractivity contribution < 1.29 is 31.9 Å². The second kappa shape index (κ2) is 9.01. The molecule has 8 nitrogen and oxygen atoms in total. The van der Waals surface area contributed by atoms with E-state index in [1.54, 1.807) is 13.0 Å². The van der Waals surface area contributed by atoms with Gasteiger partial charge in [-0.1, -0.05) is 12.1 Å². The summed E-state index contributed by atoms with van der Waals surface area (Å²) in [4.78, 5) is 25.5. The molecule has 0 unspecified atom stereocenters. The standard InChI is InChI=1S/C19H21FN2O6S/c1-12-4-6-14(29(21,25)26)9-15(12)19(24)28-11-18(23)22(2)10-13-5-7-17(27-3)16(20)8-13/h4-9H,10-11H2,1-3H3,(H2,21,25,26). The Hall–Kier alpha value is -2.98. The molecule has 29 heavy (non-hydrogen) atoms. The van der Waals surface area contributed by atoms with E-state index in [1.807, 2.05) is 0 Å². The van der Waals surface area contributed by atoms with Gasteiger partial charge in [-0.3, -0.25) is 4.79 Å². The van der Waals surface area contributed by atoms with Crippen molar-refractivity contribution in [2.45, 2.75) is 18.4 Å². The van der Waals surface area contributed by atoms with Gasteiger partial charge in [-0.2, -0.15) is 0 Å². The number of primary sulfonamides is 1. The van der Waals surface area contributed by atoms with Gasteiger partial charge < -0.3 is 14.4 Å². The molecule has 2 rings (SSSR count). The molecule has 0 atom stereocenters. The van der Waals surface area contributed by atoms with E-state index in [0.29, 0.717) is 11.1 Å². The first-order valence-corrected chi connectivity index (χ1v) is 9.94. The first-order valence-electron chi connectivity index (χ1n) is 8.40. The zero-order chi connectivity index (χ0) is 21.8. The quantitative estimate of drug-likeness (QED) is 0.675. The number of methoxy groups -OCH3 is 1. The van der Waals surface area contributed by atoms with Crippen molar-refractivity contribution in [2.75, 3.05) is 20.8 Å². The van der Waals surface area contributed by atoms with Gasteiger partial charge in [-0.15, -0.1) is 0 Å². The fourth-order valence-corrected chi connectivity index (χ4v) is 3.02. The summed E-state index contributed by atoms with van der Waals surface area (Å²) < 4.78 is 46.5. The van der Waals surface area contributed by atoms with Gasteiger partial charge in [0.2, 0.25) is 10.0 Å². The number of carbonyl (C=O) groups excluding carboxylic acids is 2. The van der Waals surface area contributed by atoms with Crippen LogP contribution in [0.1, 0.15) is 21.5 Å². The molecule has 2 N–H and O–H groups in total. The minimum atomic E-state index is -3.99. The van der Waals surface area contributed by atoms with E-state index < -0.39 is 34.3 Å². The lowest BCUT2D eigenvalue weighted by Crippen LogP contribution is -2.31. The molecule has 0 aromatic heterocycles. The maximum absolute atomic E-state index is 13.7. The Morgan fingerprint density at radius 2 is 1.86 bits per heavy atom. The first kappa shape index (κ1) is 22.3. The van der Waals surface area contributed by atoms with Crippen molar-refractivity contribution >= 4 is 21.9 Å². The molecular formula is C19H21FN2O6S. The third-order valence-electron chi connectivity index (χ3n) is 4.15. The molecule has 0 aliphatic carbocycles. The number of nitrogens with zero attached hydrogens (tertiary/aromatic N) is 1. The van der Waals surface area contributed by atoms with E-state index in [0.717, 1.165) is 6.07 Å². The fourth-order valence-electron chi connectivity index (χ4n) is 2.48. The molecule has 0 bridgehead atoms. The number of benzene rings is 2. The second-order valence-corrected chi connectivity index (χ2v) is 7.88. The number of aryl methyl sites for hydroxylation is 1. The molecule has 0 aliphatic heterocycles. The van der Waals surface area contributed by atoms with Crippen LogP contribution >= 0.6 is 0 Å². The van der Waals surface area contributed by atoms with Crippen LogP contribution in [0.25, 0.3) is 0 Å². The summed E-state index contributed by atoms with van der Waals surface area (Å²) in [6.45, 7) is 1.12. The Kier molecular flexibility index (Phi) is 6.93. The summed E-state index contributed by atoms with van der Waals surface area (Å²) in [7, 11) is -1.16. The van der Waals surface area contributed by atoms with Crippen LogP contribution in [-0.2, 0) is 26.1 Å². The summed E-state index contributed by atoms with van der Waals surface area (Å²) >= 11 is 0. The summed E-state index contributed by atoms with van der Waals surface area (Å²) in [5.41, 5.74) is 0.989. The van der Waals surface area contributed by atoms with E-state index in [9.17, 15) is 22.4 Å². The van der Waals surface area contributed by atoms with Gasteiger partial charge in [0.05, 0.1) is 17.6 Å². The zero-order valence-corrected chi connectivity index (χ0v) is 17.0. The van der Waals surface area contributed by atoms with E-state index >= 15 is 0 Å². The Morgan fingerprint density at radius 1 is 1.17 bits per heavy atom. The third kappa shape index (κ3) is 5.75. The van der Waals surface area contributed by atoms with Crippen LogP contribution in [0.3, 0.4) is 0 Å². The number of esters is 1. The maximum Gasteiger partial charge on any atom is 0.338 e. The number of likely N-dealkylation sites (N-methyl/N-ethyl adjacent to an activating group) is 1. The maximum atomic E-state index is 13.7. The predicted octanol–water partition coefficient (Wildman–Crippen LogP) is 1.61. The average molecular weight is 424 g/mol. The molecule has 10 heteroatoms. The minimum Gasteiger partial charge on any atom is -0.494 e. The number of ether oxygens (including phenoxy) is 2. The smallest absolute Gasteiger partial charge is 0.338 e. The van der Waals surface area contributed by atoms with Gasteiger partial charge >= 0.3 is 5.97 Å². The predicted molar refractivity (Wildman–Crippen MR) is 102 cm³/mol. The van der Waals surface area contributed by atoms with E-state index in [4.69, 9.17) is 14.6 Å². The molecule has 0 heterocycles. The Bertz CT molecular complexity index is 1040. The molecule has 0 saturated heterocycles. The number of nitrogens with two attached hydrogens (primary N) is 1. The zero-order valence-electron chi connectivity index (χ0n) is 16.1. The van der Waals surface area contributed by atoms with Crippen molar-refractivity contribution in [3.63, 3.8) is 0 Å². The molecule has 2 aromatic rings. The van der Waals surface area contributed by atoms with Crippen LogP contribution in [0.15, 0.2) is 41.3 Å². The largest absolute Gasteiger partial charge is 0.494 e. The molecule has 0 radical (unpaired) electrons. The minimum absolute atomic E-state index is 0.01000. The van der Waals surface area contributed by atoms with Crippen molar-refractivity contribution in [3.8, 4) is 5.75 Å². The highest BCUT2D eigenvalue weighted by Crippen LogP contribution is 2.19. The molecular weight excluding hydrogens is 403 g/mol. The SMILES string of the molecule is COc1ccc(CN(C)C(=O)COC(=O)c2cc(S(N)(=O)=O)ccc2C)cc1F. The van der Waals surface area contributed by atoms with Crippen LogP contribution in [0.2, 0.25) is 0 Å². The number of amides is 1. The highest BCUT2D eigenvalue weighted by Gasteiger charge is 2.18. The van der Waals surface area contributed by atoms with Crippen LogP contribution in [-0.4, -0.2) is 46.0 Å². The number of halogens is 1. The molecule has 0 aliphatic rings. The van der Waals surface area contributed by atoms with Crippen molar-refractivity contribution in [1.82, 2.24) is 4.90 Å². The summed E-state index contributed by atoms with van der Waals surface area (Å²) in [5, 5.41) is 5.06. The van der Waals surface area contributed by atoms with Crippen molar-refractivity contribution in [3.05, 3.63) is 58.9 Å². The van der Waals surface area contributed by atoms with E-state index in [2.05, 4.69) is 0 Å². The van der Waals surface area contributed by atoms with Gasteiger partial charge in [0.15, 0.2) is 18.2 Å². The number of hydrogen-bond acceptors (Lipinski definition) is 6. The molecule has 0 spiro atoms.